The molecule has 0 saturated carbocycles. The standard InChI is InChI=1S/C17H18N2O2S/c1-21-17(20)13-22-12-16(14-8-4-2-5-9-14)19-18-15-10-6-3-7-11-15/h2-11,18H,12-13H2,1H3. The summed E-state index contributed by atoms with van der Waals surface area (Å²) in [6.45, 7) is 0. The molecule has 2 rings (SSSR count). The van der Waals surface area contributed by atoms with Crippen molar-refractivity contribution in [1.29, 1.82) is 0 Å². The summed E-state index contributed by atoms with van der Waals surface area (Å²) < 4.78 is 4.65. The molecule has 2 aromatic rings. The highest BCUT2D eigenvalue weighted by Gasteiger charge is 2.06. The van der Waals surface area contributed by atoms with Gasteiger partial charge in [0.15, 0.2) is 0 Å². The Bertz CT molecular complexity index is 615. The van der Waals surface area contributed by atoms with E-state index >= 15 is 0 Å². The Labute approximate surface area is 134 Å². The number of anilines is 1. The van der Waals surface area contributed by atoms with E-state index in [4.69, 9.17) is 0 Å². The van der Waals surface area contributed by atoms with Gasteiger partial charge >= 0.3 is 5.97 Å². The van der Waals surface area contributed by atoms with Crippen molar-refractivity contribution in [2.75, 3.05) is 24.0 Å². The first-order valence-corrected chi connectivity index (χ1v) is 8.02. The third-order valence-electron chi connectivity index (χ3n) is 2.89. The van der Waals surface area contributed by atoms with E-state index in [2.05, 4.69) is 15.3 Å². The number of nitrogens with zero attached hydrogens (tertiary/aromatic N) is 1. The van der Waals surface area contributed by atoms with Gasteiger partial charge in [0.05, 0.1) is 24.3 Å². The number of carbonyl (C=O) groups excluding carboxylic acids is 1. The molecule has 0 saturated heterocycles. The van der Waals surface area contributed by atoms with Crippen molar-refractivity contribution < 1.29 is 9.53 Å². The van der Waals surface area contributed by atoms with Crippen LogP contribution >= 0.6 is 11.8 Å². The second-order valence-corrected chi connectivity index (χ2v) is 5.46. The first kappa shape index (κ1) is 16.1. The van der Waals surface area contributed by atoms with E-state index in [0.29, 0.717) is 11.5 Å². The van der Waals surface area contributed by atoms with Gasteiger partial charge in [0.2, 0.25) is 0 Å². The zero-order valence-electron chi connectivity index (χ0n) is 12.4. The molecule has 114 valence electrons. The SMILES string of the molecule is COC(=O)CSCC(=NNc1ccccc1)c1ccccc1. The summed E-state index contributed by atoms with van der Waals surface area (Å²) in [6, 6.07) is 19.7. The molecule has 0 aliphatic heterocycles. The molecule has 1 N–H and O–H groups in total. The zero-order valence-corrected chi connectivity index (χ0v) is 13.2. The van der Waals surface area contributed by atoms with Crippen LogP contribution in [-0.2, 0) is 9.53 Å². The highest BCUT2D eigenvalue weighted by atomic mass is 32.2. The molecule has 0 atom stereocenters. The largest absolute Gasteiger partial charge is 0.468 e. The summed E-state index contributed by atoms with van der Waals surface area (Å²) in [5, 5.41) is 4.48. The second kappa shape index (κ2) is 8.89. The topological polar surface area (TPSA) is 50.7 Å². The van der Waals surface area contributed by atoms with E-state index in [-0.39, 0.29) is 5.97 Å². The number of nitrogens with one attached hydrogen (secondary N) is 1. The average molecular weight is 314 g/mol. The predicted octanol–water partition coefficient (Wildman–Crippen LogP) is 3.41. The number of hydrogen-bond acceptors (Lipinski definition) is 5. The lowest BCUT2D eigenvalue weighted by atomic mass is 10.1. The number of thioether (sulfide) groups is 1. The molecule has 0 bridgehead atoms. The number of esters is 1. The van der Waals surface area contributed by atoms with Crippen molar-refractivity contribution in [3.8, 4) is 0 Å². The van der Waals surface area contributed by atoms with Crippen LogP contribution in [0.4, 0.5) is 5.69 Å². The highest BCUT2D eigenvalue weighted by molar-refractivity contribution is 8.00. The van der Waals surface area contributed by atoms with Crippen molar-refractivity contribution >= 4 is 29.1 Å². The minimum atomic E-state index is -0.228. The Balaban J connectivity index is 2.06. The van der Waals surface area contributed by atoms with Gasteiger partial charge in [0, 0.05) is 5.75 Å². The molecular formula is C17H18N2O2S. The van der Waals surface area contributed by atoms with Crippen LogP contribution in [0.15, 0.2) is 65.8 Å². The Morgan fingerprint density at radius 1 is 1.05 bits per heavy atom. The first-order valence-electron chi connectivity index (χ1n) is 6.87. The van der Waals surface area contributed by atoms with Crippen LogP contribution in [0.3, 0.4) is 0 Å². The number of hydrogen-bond donors (Lipinski definition) is 1. The van der Waals surface area contributed by atoms with Crippen LogP contribution in [0.1, 0.15) is 5.56 Å². The van der Waals surface area contributed by atoms with Crippen LogP contribution in [0.5, 0.6) is 0 Å². The summed E-state index contributed by atoms with van der Waals surface area (Å²) in [7, 11) is 1.39. The monoisotopic (exact) mass is 314 g/mol. The summed E-state index contributed by atoms with van der Waals surface area (Å²) >= 11 is 1.48. The van der Waals surface area contributed by atoms with Gasteiger partial charge in [0.25, 0.3) is 0 Å². The number of hydrazone groups is 1. The summed E-state index contributed by atoms with van der Waals surface area (Å²) in [5.74, 6) is 0.709. The quantitative estimate of drug-likeness (QED) is 0.483. The molecule has 0 heterocycles. The van der Waals surface area contributed by atoms with Crippen molar-refractivity contribution in [3.05, 3.63) is 66.2 Å². The normalized spacial score (nSPS) is 11.0. The molecular weight excluding hydrogens is 296 g/mol. The minimum Gasteiger partial charge on any atom is -0.468 e. The average Bonchev–Trinajstić information content (AvgIpc) is 2.59. The lowest BCUT2D eigenvalue weighted by Crippen LogP contribution is -2.11. The molecule has 0 spiro atoms. The van der Waals surface area contributed by atoms with Gasteiger partial charge in [-0.3, -0.25) is 10.2 Å². The van der Waals surface area contributed by atoms with Gasteiger partial charge in [-0.15, -0.1) is 11.8 Å². The van der Waals surface area contributed by atoms with Crippen molar-refractivity contribution in [2.24, 2.45) is 5.10 Å². The van der Waals surface area contributed by atoms with Crippen LogP contribution in [-0.4, -0.2) is 30.3 Å². The Kier molecular flexibility index (Phi) is 6.51. The number of ether oxygens (including phenoxy) is 1. The molecule has 0 aliphatic rings. The van der Waals surface area contributed by atoms with Crippen molar-refractivity contribution in [3.63, 3.8) is 0 Å². The molecule has 5 heteroatoms. The van der Waals surface area contributed by atoms with Gasteiger partial charge in [-0.05, 0) is 17.7 Å². The van der Waals surface area contributed by atoms with E-state index in [1.165, 1.54) is 18.9 Å². The smallest absolute Gasteiger partial charge is 0.315 e. The summed E-state index contributed by atoms with van der Waals surface area (Å²) in [5.41, 5.74) is 5.90. The van der Waals surface area contributed by atoms with Crippen LogP contribution in [0.2, 0.25) is 0 Å². The first-order chi connectivity index (χ1) is 10.8. The molecule has 22 heavy (non-hydrogen) atoms. The van der Waals surface area contributed by atoms with Gasteiger partial charge < -0.3 is 4.74 Å². The molecule has 0 amide bonds. The van der Waals surface area contributed by atoms with Gasteiger partial charge in [-0.1, -0.05) is 48.5 Å². The van der Waals surface area contributed by atoms with E-state index in [1.54, 1.807) is 0 Å². The third-order valence-corrected chi connectivity index (χ3v) is 3.80. The lowest BCUT2D eigenvalue weighted by molar-refractivity contribution is -0.137. The molecule has 0 aromatic heterocycles. The number of carbonyl (C=O) groups is 1. The minimum absolute atomic E-state index is 0.228. The summed E-state index contributed by atoms with van der Waals surface area (Å²) in [6.07, 6.45) is 0. The summed E-state index contributed by atoms with van der Waals surface area (Å²) in [4.78, 5) is 11.2. The van der Waals surface area contributed by atoms with Gasteiger partial charge in [-0.25, -0.2) is 0 Å². The van der Waals surface area contributed by atoms with E-state index < -0.39 is 0 Å². The Morgan fingerprint density at radius 2 is 1.68 bits per heavy atom. The maximum atomic E-state index is 11.2. The lowest BCUT2D eigenvalue weighted by Gasteiger charge is -2.08. The molecule has 4 nitrogen and oxygen atoms in total. The van der Waals surface area contributed by atoms with E-state index in [0.717, 1.165) is 17.0 Å². The fourth-order valence-corrected chi connectivity index (χ4v) is 2.56. The van der Waals surface area contributed by atoms with Crippen molar-refractivity contribution in [2.45, 2.75) is 0 Å². The van der Waals surface area contributed by atoms with Gasteiger partial charge in [0.1, 0.15) is 0 Å². The number of benzene rings is 2. The van der Waals surface area contributed by atoms with E-state index in [1.807, 2.05) is 60.7 Å². The van der Waals surface area contributed by atoms with E-state index in [9.17, 15) is 4.79 Å². The maximum absolute atomic E-state index is 11.2. The highest BCUT2D eigenvalue weighted by Crippen LogP contribution is 2.11. The Morgan fingerprint density at radius 3 is 2.32 bits per heavy atom. The fourth-order valence-electron chi connectivity index (χ4n) is 1.75. The number of methoxy groups -OCH3 is 1. The Hall–Kier alpha value is -2.27. The van der Waals surface area contributed by atoms with Gasteiger partial charge in [-0.2, -0.15) is 5.10 Å². The molecule has 2 aromatic carbocycles. The fraction of sp³-hybridized carbons (Fsp3) is 0.176. The number of rotatable bonds is 7. The molecule has 0 radical (unpaired) electrons. The molecule has 0 fully saturated rings. The zero-order chi connectivity index (χ0) is 15.6. The number of para-hydroxylation sites is 1. The van der Waals surface area contributed by atoms with Crippen molar-refractivity contribution in [1.82, 2.24) is 0 Å². The molecule has 0 aliphatic carbocycles. The van der Waals surface area contributed by atoms with Crippen LogP contribution in [0.25, 0.3) is 0 Å². The maximum Gasteiger partial charge on any atom is 0.315 e. The molecule has 0 unspecified atom stereocenters. The second-order valence-electron chi connectivity index (χ2n) is 4.47. The van der Waals surface area contributed by atoms with Crippen LogP contribution < -0.4 is 5.43 Å². The predicted molar refractivity (Wildman–Crippen MR) is 92.4 cm³/mol. The third kappa shape index (κ3) is 5.26. The van der Waals surface area contributed by atoms with Crippen LogP contribution in [0, 0.1) is 0 Å².